The van der Waals surface area contributed by atoms with Crippen LogP contribution in [0.1, 0.15) is 39.2 Å². The quantitative estimate of drug-likeness (QED) is 0.900. The van der Waals surface area contributed by atoms with Gasteiger partial charge in [-0.2, -0.15) is 0 Å². The number of nitrogens with zero attached hydrogens (tertiary/aromatic N) is 1. The highest BCUT2D eigenvalue weighted by atomic mass is 16.3. The fraction of sp³-hybridized carbons (Fsp3) is 0.571. The Kier molecular flexibility index (Phi) is 3.64. The Labute approximate surface area is 113 Å². The lowest BCUT2D eigenvalue weighted by Gasteiger charge is -2.43. The number of furan rings is 1. The number of amides is 2. The third-order valence-corrected chi connectivity index (χ3v) is 3.84. The molecule has 2 heterocycles. The topological polar surface area (TPSA) is 62.6 Å². The number of hydrogen-bond acceptors (Lipinski definition) is 3. The number of nitrogens with one attached hydrogen (secondary N) is 1. The molecule has 0 radical (unpaired) electrons. The van der Waals surface area contributed by atoms with Gasteiger partial charge in [-0.15, -0.1) is 0 Å². The molecule has 0 spiro atoms. The number of piperazine rings is 1. The third-order valence-electron chi connectivity index (χ3n) is 3.84. The van der Waals surface area contributed by atoms with Gasteiger partial charge in [0.05, 0.1) is 12.5 Å². The van der Waals surface area contributed by atoms with Crippen molar-refractivity contribution in [2.75, 3.05) is 0 Å². The van der Waals surface area contributed by atoms with Crippen LogP contribution in [0.2, 0.25) is 0 Å². The average molecular weight is 264 g/mol. The van der Waals surface area contributed by atoms with Gasteiger partial charge in [-0.05, 0) is 25.8 Å². The highest BCUT2D eigenvalue weighted by Gasteiger charge is 2.46. The molecule has 1 aliphatic heterocycles. The maximum absolute atomic E-state index is 12.6. The molecule has 1 aromatic rings. The summed E-state index contributed by atoms with van der Waals surface area (Å²) < 4.78 is 5.03. The van der Waals surface area contributed by atoms with Crippen LogP contribution in [-0.2, 0) is 16.1 Å². The van der Waals surface area contributed by atoms with E-state index in [1.54, 1.807) is 24.3 Å². The summed E-state index contributed by atoms with van der Waals surface area (Å²) in [6, 6.07) is 1.41. The lowest BCUT2D eigenvalue weighted by Crippen LogP contribution is -2.68. The van der Waals surface area contributed by atoms with Crippen LogP contribution in [0, 0.1) is 0 Å². The minimum absolute atomic E-state index is 0.0253. The Morgan fingerprint density at radius 2 is 2.16 bits per heavy atom. The summed E-state index contributed by atoms with van der Waals surface area (Å²) in [4.78, 5) is 26.4. The molecule has 104 valence electrons. The van der Waals surface area contributed by atoms with Crippen LogP contribution in [-0.4, -0.2) is 28.3 Å². The smallest absolute Gasteiger partial charge is 0.249 e. The molecule has 5 heteroatoms. The van der Waals surface area contributed by atoms with E-state index in [1.807, 2.05) is 19.9 Å². The van der Waals surface area contributed by atoms with Gasteiger partial charge >= 0.3 is 0 Å². The molecular formula is C14H20N2O3. The SMILES string of the molecule is CCC1C(=O)NC(C)(CC)C(=O)N1Cc1ccoc1. The molecule has 2 rings (SSSR count). The molecule has 1 fully saturated rings. The van der Waals surface area contributed by atoms with E-state index in [4.69, 9.17) is 4.42 Å². The van der Waals surface area contributed by atoms with Crippen molar-refractivity contribution in [3.63, 3.8) is 0 Å². The zero-order valence-corrected chi connectivity index (χ0v) is 11.6. The number of hydrogen-bond donors (Lipinski definition) is 1. The Balaban J connectivity index is 2.29. The Bertz CT molecular complexity index is 469. The first-order valence-corrected chi connectivity index (χ1v) is 6.66. The zero-order valence-electron chi connectivity index (χ0n) is 11.6. The summed E-state index contributed by atoms with van der Waals surface area (Å²) in [7, 11) is 0. The van der Waals surface area contributed by atoms with Crippen LogP contribution in [0.5, 0.6) is 0 Å². The summed E-state index contributed by atoms with van der Waals surface area (Å²) >= 11 is 0. The monoisotopic (exact) mass is 264 g/mol. The van der Waals surface area contributed by atoms with E-state index in [2.05, 4.69) is 5.32 Å². The van der Waals surface area contributed by atoms with Crippen LogP contribution >= 0.6 is 0 Å². The van der Waals surface area contributed by atoms with Crippen LogP contribution in [0.4, 0.5) is 0 Å². The molecule has 2 unspecified atom stereocenters. The van der Waals surface area contributed by atoms with Gasteiger partial charge in [0.2, 0.25) is 11.8 Å². The summed E-state index contributed by atoms with van der Waals surface area (Å²) in [6.45, 7) is 6.01. The molecule has 19 heavy (non-hydrogen) atoms. The van der Waals surface area contributed by atoms with Crippen LogP contribution in [0.25, 0.3) is 0 Å². The van der Waals surface area contributed by atoms with Crippen molar-refractivity contribution in [1.29, 1.82) is 0 Å². The standard InChI is InChI=1S/C14H20N2O3/c1-4-11-12(17)15-14(3,5-2)13(18)16(11)8-10-6-7-19-9-10/h6-7,9,11H,4-5,8H2,1-3H3,(H,15,17). The van der Waals surface area contributed by atoms with Gasteiger partial charge in [0.25, 0.3) is 0 Å². The second kappa shape index (κ2) is 5.07. The molecule has 1 saturated heterocycles. The summed E-state index contributed by atoms with van der Waals surface area (Å²) in [6.07, 6.45) is 4.37. The van der Waals surface area contributed by atoms with E-state index in [0.717, 1.165) is 5.56 Å². The van der Waals surface area contributed by atoms with E-state index in [-0.39, 0.29) is 11.8 Å². The molecule has 0 aromatic carbocycles. The normalized spacial score (nSPS) is 27.5. The Morgan fingerprint density at radius 1 is 1.42 bits per heavy atom. The van der Waals surface area contributed by atoms with Crippen molar-refractivity contribution >= 4 is 11.8 Å². The van der Waals surface area contributed by atoms with Crippen LogP contribution in [0.15, 0.2) is 23.0 Å². The van der Waals surface area contributed by atoms with Crippen LogP contribution in [0.3, 0.4) is 0 Å². The largest absolute Gasteiger partial charge is 0.472 e. The lowest BCUT2D eigenvalue weighted by atomic mass is 9.91. The first-order chi connectivity index (χ1) is 9.01. The predicted octanol–water partition coefficient (Wildman–Crippen LogP) is 1.69. The first-order valence-electron chi connectivity index (χ1n) is 6.66. The molecule has 1 aliphatic rings. The maximum atomic E-state index is 12.6. The summed E-state index contributed by atoms with van der Waals surface area (Å²) in [5, 5.41) is 2.85. The van der Waals surface area contributed by atoms with Gasteiger partial charge in [-0.3, -0.25) is 9.59 Å². The minimum atomic E-state index is -0.799. The van der Waals surface area contributed by atoms with Gasteiger partial charge in [0.1, 0.15) is 11.6 Å². The molecule has 2 atom stereocenters. The van der Waals surface area contributed by atoms with Crippen molar-refractivity contribution in [1.82, 2.24) is 10.2 Å². The van der Waals surface area contributed by atoms with Gasteiger partial charge in [0, 0.05) is 12.1 Å². The zero-order chi connectivity index (χ0) is 14.0. The Morgan fingerprint density at radius 3 is 2.68 bits per heavy atom. The summed E-state index contributed by atoms with van der Waals surface area (Å²) in [5.41, 5.74) is 0.104. The van der Waals surface area contributed by atoms with E-state index >= 15 is 0 Å². The molecule has 0 bridgehead atoms. The van der Waals surface area contributed by atoms with Gasteiger partial charge in [-0.1, -0.05) is 13.8 Å². The molecule has 0 saturated carbocycles. The van der Waals surface area contributed by atoms with E-state index in [9.17, 15) is 9.59 Å². The highest BCUT2D eigenvalue weighted by Crippen LogP contribution is 2.24. The van der Waals surface area contributed by atoms with Crippen molar-refractivity contribution in [2.24, 2.45) is 0 Å². The van der Waals surface area contributed by atoms with E-state index < -0.39 is 11.6 Å². The number of carbonyl (C=O) groups is 2. The maximum Gasteiger partial charge on any atom is 0.249 e. The highest BCUT2D eigenvalue weighted by molar-refractivity contribution is 5.99. The Hall–Kier alpha value is -1.78. The number of carbonyl (C=O) groups excluding carboxylic acids is 2. The van der Waals surface area contributed by atoms with Gasteiger partial charge < -0.3 is 14.6 Å². The molecule has 0 aliphatic carbocycles. The molecular weight excluding hydrogens is 244 g/mol. The second-order valence-corrected chi connectivity index (χ2v) is 5.16. The predicted molar refractivity (Wildman–Crippen MR) is 70.2 cm³/mol. The average Bonchev–Trinajstić information content (AvgIpc) is 2.89. The van der Waals surface area contributed by atoms with E-state index in [1.165, 1.54) is 0 Å². The van der Waals surface area contributed by atoms with Gasteiger partial charge in [0.15, 0.2) is 0 Å². The van der Waals surface area contributed by atoms with Crippen molar-refractivity contribution in [3.05, 3.63) is 24.2 Å². The fourth-order valence-corrected chi connectivity index (χ4v) is 2.42. The second-order valence-electron chi connectivity index (χ2n) is 5.16. The number of rotatable bonds is 4. The van der Waals surface area contributed by atoms with Crippen molar-refractivity contribution in [3.8, 4) is 0 Å². The third kappa shape index (κ3) is 2.37. The minimum Gasteiger partial charge on any atom is -0.472 e. The van der Waals surface area contributed by atoms with Gasteiger partial charge in [-0.25, -0.2) is 0 Å². The molecule has 1 N–H and O–H groups in total. The van der Waals surface area contributed by atoms with Crippen LogP contribution < -0.4 is 5.32 Å². The molecule has 2 amide bonds. The molecule has 1 aromatic heterocycles. The first kappa shape index (κ1) is 13.6. The summed E-state index contributed by atoms with van der Waals surface area (Å²) in [5.74, 6) is -0.0994. The molecule has 5 nitrogen and oxygen atoms in total. The van der Waals surface area contributed by atoms with Crippen molar-refractivity contribution < 1.29 is 14.0 Å². The fourth-order valence-electron chi connectivity index (χ4n) is 2.42. The lowest BCUT2D eigenvalue weighted by molar-refractivity contribution is -0.155. The van der Waals surface area contributed by atoms with Crippen molar-refractivity contribution in [2.45, 2.75) is 51.7 Å². The van der Waals surface area contributed by atoms with E-state index in [0.29, 0.717) is 19.4 Å².